The van der Waals surface area contributed by atoms with Crippen LogP contribution in [0.25, 0.3) is 0 Å². The number of hydrogen-bond acceptors (Lipinski definition) is 5. The number of nitrogens with one attached hydrogen (secondary N) is 1. The number of hydrogen-bond donors (Lipinski definition) is 1. The van der Waals surface area contributed by atoms with E-state index in [0.717, 1.165) is 17.7 Å². The monoisotopic (exact) mass is 519 g/mol. The predicted octanol–water partition coefficient (Wildman–Crippen LogP) is 3.94. The van der Waals surface area contributed by atoms with Crippen molar-refractivity contribution in [2.45, 2.75) is 24.2 Å². The summed E-state index contributed by atoms with van der Waals surface area (Å²) in [5.41, 5.74) is 2.96. The molecule has 1 unspecified atom stereocenters. The summed E-state index contributed by atoms with van der Waals surface area (Å²) in [6, 6.07) is 20.9. The summed E-state index contributed by atoms with van der Waals surface area (Å²) in [6.07, 6.45) is 1.96. The Hall–Kier alpha value is -3.69. The normalized spacial score (nSPS) is 17.8. The van der Waals surface area contributed by atoms with Gasteiger partial charge >= 0.3 is 0 Å². The van der Waals surface area contributed by atoms with Crippen LogP contribution in [-0.2, 0) is 21.2 Å². The van der Waals surface area contributed by atoms with Gasteiger partial charge in [-0.2, -0.15) is 4.31 Å². The van der Waals surface area contributed by atoms with Gasteiger partial charge < -0.3 is 15.0 Å². The second-order valence-corrected chi connectivity index (χ2v) is 11.2. The number of carbonyl (C=O) groups is 2. The molecule has 0 bridgehead atoms. The molecule has 1 atom stereocenters. The van der Waals surface area contributed by atoms with Crippen molar-refractivity contribution < 1.29 is 22.7 Å². The fourth-order valence-electron chi connectivity index (χ4n) is 4.92. The average Bonchev–Trinajstić information content (AvgIpc) is 3.36. The van der Waals surface area contributed by atoms with Crippen LogP contribution in [0.3, 0.4) is 0 Å². The van der Waals surface area contributed by atoms with E-state index >= 15 is 0 Å². The number of fused-ring (bicyclic) bond motifs is 1. The quantitative estimate of drug-likeness (QED) is 0.532. The summed E-state index contributed by atoms with van der Waals surface area (Å²) in [5.74, 6) is -0.114. The Labute approximate surface area is 216 Å². The van der Waals surface area contributed by atoms with E-state index in [0.29, 0.717) is 42.9 Å². The van der Waals surface area contributed by atoms with Gasteiger partial charge in [0.1, 0.15) is 5.75 Å². The number of amides is 2. The van der Waals surface area contributed by atoms with Crippen molar-refractivity contribution in [1.82, 2.24) is 4.31 Å². The molecule has 192 valence electrons. The molecule has 1 fully saturated rings. The van der Waals surface area contributed by atoms with Gasteiger partial charge in [-0.15, -0.1) is 0 Å². The van der Waals surface area contributed by atoms with Crippen molar-refractivity contribution in [3.63, 3.8) is 0 Å². The van der Waals surface area contributed by atoms with Crippen LogP contribution >= 0.6 is 0 Å². The van der Waals surface area contributed by atoms with E-state index in [-0.39, 0.29) is 23.3 Å². The fraction of sp³-hybridized carbons (Fsp3) is 0.286. The second kappa shape index (κ2) is 10.4. The van der Waals surface area contributed by atoms with Crippen LogP contribution in [0.5, 0.6) is 5.75 Å². The van der Waals surface area contributed by atoms with Crippen molar-refractivity contribution in [3.8, 4) is 5.75 Å². The highest BCUT2D eigenvalue weighted by molar-refractivity contribution is 7.89. The SMILES string of the molecule is COc1ccc(C(=O)N2CCc3ccc(NC(=O)C4CCCN(S(=O)(=O)c5ccccc5)C4)cc32)cc1. The molecular formula is C28H29N3O5S. The Kier molecular flexibility index (Phi) is 6.99. The smallest absolute Gasteiger partial charge is 0.258 e. The molecule has 2 aliphatic rings. The molecule has 2 aliphatic heterocycles. The van der Waals surface area contributed by atoms with Crippen LogP contribution in [0, 0.1) is 5.92 Å². The Bertz CT molecular complexity index is 1410. The molecule has 37 heavy (non-hydrogen) atoms. The van der Waals surface area contributed by atoms with Gasteiger partial charge in [0, 0.05) is 36.6 Å². The number of sulfonamides is 1. The lowest BCUT2D eigenvalue weighted by Crippen LogP contribution is -2.43. The molecule has 0 spiro atoms. The molecule has 0 aromatic heterocycles. The Morgan fingerprint density at radius 1 is 0.973 bits per heavy atom. The van der Waals surface area contributed by atoms with E-state index in [1.54, 1.807) is 66.6 Å². The molecule has 8 nitrogen and oxygen atoms in total. The zero-order valence-corrected chi connectivity index (χ0v) is 21.4. The molecule has 0 radical (unpaired) electrons. The summed E-state index contributed by atoms with van der Waals surface area (Å²) >= 11 is 0. The number of methoxy groups -OCH3 is 1. The van der Waals surface area contributed by atoms with Gasteiger partial charge in [0.2, 0.25) is 15.9 Å². The predicted molar refractivity (Wildman–Crippen MR) is 141 cm³/mol. The average molecular weight is 520 g/mol. The first kappa shape index (κ1) is 25.0. The van der Waals surface area contributed by atoms with Crippen LogP contribution in [0.4, 0.5) is 11.4 Å². The molecule has 9 heteroatoms. The van der Waals surface area contributed by atoms with Crippen molar-refractivity contribution >= 4 is 33.2 Å². The van der Waals surface area contributed by atoms with E-state index in [2.05, 4.69) is 5.32 Å². The lowest BCUT2D eigenvalue weighted by atomic mass is 9.98. The molecule has 2 amide bonds. The maximum atomic E-state index is 13.2. The molecule has 2 heterocycles. The standard InChI is InChI=1S/C28H29N3O5S/c1-36-24-13-10-21(11-14-24)28(33)31-17-15-20-9-12-23(18-26(20)31)29-27(32)22-6-5-16-30(19-22)37(34,35)25-7-3-2-4-8-25/h2-4,7-14,18,22H,5-6,15-17,19H2,1H3,(H,29,32). The molecule has 3 aromatic carbocycles. The van der Waals surface area contributed by atoms with Gasteiger partial charge in [0.25, 0.3) is 5.91 Å². The number of carbonyl (C=O) groups excluding carboxylic acids is 2. The zero-order valence-electron chi connectivity index (χ0n) is 20.6. The highest BCUT2D eigenvalue weighted by atomic mass is 32.2. The molecular weight excluding hydrogens is 490 g/mol. The number of ether oxygens (including phenoxy) is 1. The van der Waals surface area contributed by atoms with Gasteiger partial charge in [0.05, 0.1) is 17.9 Å². The fourth-order valence-corrected chi connectivity index (χ4v) is 6.46. The highest BCUT2D eigenvalue weighted by Crippen LogP contribution is 2.33. The van der Waals surface area contributed by atoms with Crippen LogP contribution in [-0.4, -0.2) is 51.3 Å². The third-order valence-corrected chi connectivity index (χ3v) is 8.85. The number of rotatable bonds is 6. The third-order valence-electron chi connectivity index (χ3n) is 6.97. The minimum Gasteiger partial charge on any atom is -0.497 e. The maximum Gasteiger partial charge on any atom is 0.258 e. The first-order chi connectivity index (χ1) is 17.9. The minimum absolute atomic E-state index is 0.112. The summed E-state index contributed by atoms with van der Waals surface area (Å²) in [6.45, 7) is 1.09. The Morgan fingerprint density at radius 3 is 2.46 bits per heavy atom. The van der Waals surface area contributed by atoms with Crippen LogP contribution in [0.2, 0.25) is 0 Å². The van der Waals surface area contributed by atoms with E-state index in [9.17, 15) is 18.0 Å². The van der Waals surface area contributed by atoms with E-state index < -0.39 is 15.9 Å². The lowest BCUT2D eigenvalue weighted by Gasteiger charge is -2.31. The van der Waals surface area contributed by atoms with Crippen molar-refractivity contribution in [1.29, 1.82) is 0 Å². The van der Waals surface area contributed by atoms with Gasteiger partial charge in [-0.3, -0.25) is 9.59 Å². The zero-order chi connectivity index (χ0) is 26.0. The van der Waals surface area contributed by atoms with Crippen LogP contribution in [0.15, 0.2) is 77.7 Å². The van der Waals surface area contributed by atoms with Crippen molar-refractivity contribution in [2.75, 3.05) is 37.0 Å². The summed E-state index contributed by atoms with van der Waals surface area (Å²) in [7, 11) is -2.08. The topological polar surface area (TPSA) is 96.0 Å². The summed E-state index contributed by atoms with van der Waals surface area (Å²) < 4.78 is 32.7. The Balaban J connectivity index is 1.29. The minimum atomic E-state index is -3.66. The van der Waals surface area contributed by atoms with Crippen molar-refractivity contribution in [3.05, 3.63) is 83.9 Å². The summed E-state index contributed by atoms with van der Waals surface area (Å²) in [4.78, 5) is 28.3. The van der Waals surface area contributed by atoms with Gasteiger partial charge in [-0.1, -0.05) is 24.3 Å². The first-order valence-corrected chi connectivity index (χ1v) is 13.8. The number of anilines is 2. The molecule has 1 saturated heterocycles. The number of nitrogens with zero attached hydrogens (tertiary/aromatic N) is 2. The highest BCUT2D eigenvalue weighted by Gasteiger charge is 2.33. The van der Waals surface area contributed by atoms with Crippen LogP contribution < -0.4 is 15.0 Å². The maximum absolute atomic E-state index is 13.2. The number of piperidine rings is 1. The first-order valence-electron chi connectivity index (χ1n) is 12.3. The largest absolute Gasteiger partial charge is 0.497 e. The van der Waals surface area contributed by atoms with Gasteiger partial charge in [-0.05, 0) is 73.4 Å². The lowest BCUT2D eigenvalue weighted by molar-refractivity contribution is -0.120. The molecule has 3 aromatic rings. The third kappa shape index (κ3) is 5.10. The molecule has 5 rings (SSSR count). The Morgan fingerprint density at radius 2 is 1.73 bits per heavy atom. The van der Waals surface area contributed by atoms with E-state index in [4.69, 9.17) is 4.74 Å². The second-order valence-electron chi connectivity index (χ2n) is 9.28. The van der Waals surface area contributed by atoms with Gasteiger partial charge in [0.15, 0.2) is 0 Å². The molecule has 0 saturated carbocycles. The van der Waals surface area contributed by atoms with E-state index in [1.165, 1.54) is 4.31 Å². The van der Waals surface area contributed by atoms with Gasteiger partial charge in [-0.25, -0.2) is 8.42 Å². The number of benzene rings is 3. The summed E-state index contributed by atoms with van der Waals surface area (Å²) in [5, 5.41) is 2.95. The van der Waals surface area contributed by atoms with E-state index in [1.807, 2.05) is 18.2 Å². The van der Waals surface area contributed by atoms with Crippen LogP contribution in [0.1, 0.15) is 28.8 Å². The molecule has 1 N–H and O–H groups in total. The molecule has 0 aliphatic carbocycles. The van der Waals surface area contributed by atoms with Crippen molar-refractivity contribution in [2.24, 2.45) is 5.92 Å².